The molecule has 0 aliphatic carbocycles. The van der Waals surface area contributed by atoms with Crippen molar-refractivity contribution in [3.8, 4) is 33.4 Å². The number of thiol groups is 1. The van der Waals surface area contributed by atoms with Crippen LogP contribution in [0.25, 0.3) is 87.2 Å². The summed E-state index contributed by atoms with van der Waals surface area (Å²) < 4.78 is 0. The molecular weight excluding hydrogens is 561 g/mol. The van der Waals surface area contributed by atoms with E-state index in [-0.39, 0.29) is 0 Å². The molecule has 210 valence electrons. The van der Waals surface area contributed by atoms with Crippen LogP contribution in [-0.2, 0) is 0 Å². The van der Waals surface area contributed by atoms with E-state index in [1.54, 1.807) is 0 Å². The highest BCUT2D eigenvalue weighted by molar-refractivity contribution is 7.80. The smallest absolute Gasteiger partial charge is 0.00523 e. The first-order chi connectivity index (χ1) is 22.2. The van der Waals surface area contributed by atoms with Gasteiger partial charge in [-0.25, -0.2) is 0 Å². The van der Waals surface area contributed by atoms with Crippen LogP contribution in [0.5, 0.6) is 0 Å². The lowest BCUT2D eigenvalue weighted by Gasteiger charge is -2.14. The molecule has 0 unspecified atom stereocenters. The maximum Gasteiger partial charge on any atom is 0.00523 e. The third kappa shape index (κ3) is 4.47. The number of hydrogen-bond acceptors (Lipinski definition) is 1. The zero-order valence-electron chi connectivity index (χ0n) is 24.5. The first kappa shape index (κ1) is 26.1. The molecule has 9 aromatic carbocycles. The summed E-state index contributed by atoms with van der Waals surface area (Å²) in [5, 5.41) is 12.7. The fourth-order valence-corrected chi connectivity index (χ4v) is 7.28. The monoisotopic (exact) mass is 588 g/mol. The molecule has 0 atom stereocenters. The normalized spacial score (nSPS) is 11.7. The number of rotatable bonds is 3. The Morgan fingerprint density at radius 2 is 0.756 bits per heavy atom. The van der Waals surface area contributed by atoms with Crippen LogP contribution in [0.4, 0.5) is 0 Å². The van der Waals surface area contributed by atoms with Crippen LogP contribution in [0.2, 0.25) is 0 Å². The molecule has 0 amide bonds. The molecule has 0 aliphatic rings. The van der Waals surface area contributed by atoms with Gasteiger partial charge < -0.3 is 0 Å². The molecule has 9 aromatic rings. The van der Waals surface area contributed by atoms with E-state index in [0.29, 0.717) is 0 Å². The second kappa shape index (κ2) is 10.4. The van der Waals surface area contributed by atoms with Gasteiger partial charge in [0.1, 0.15) is 0 Å². The van der Waals surface area contributed by atoms with Gasteiger partial charge in [0.2, 0.25) is 0 Å². The van der Waals surface area contributed by atoms with E-state index >= 15 is 0 Å². The fraction of sp³-hybridized carbons (Fsp3) is 0. The van der Waals surface area contributed by atoms with Crippen LogP contribution in [0, 0.1) is 0 Å². The van der Waals surface area contributed by atoms with E-state index in [9.17, 15) is 0 Å². The topological polar surface area (TPSA) is 0 Å². The Hall–Kier alpha value is -5.37. The Labute approximate surface area is 267 Å². The van der Waals surface area contributed by atoms with Crippen molar-refractivity contribution in [2.45, 2.75) is 4.90 Å². The van der Waals surface area contributed by atoms with Crippen LogP contribution < -0.4 is 0 Å². The van der Waals surface area contributed by atoms with Gasteiger partial charge >= 0.3 is 0 Å². The van der Waals surface area contributed by atoms with Crippen molar-refractivity contribution in [1.29, 1.82) is 0 Å². The summed E-state index contributed by atoms with van der Waals surface area (Å²) in [6.45, 7) is 0. The van der Waals surface area contributed by atoms with Gasteiger partial charge in [0.15, 0.2) is 0 Å². The van der Waals surface area contributed by atoms with Gasteiger partial charge in [-0.1, -0.05) is 121 Å². The molecule has 0 saturated carbocycles. The average molecular weight is 589 g/mol. The molecule has 0 radical (unpaired) electrons. The van der Waals surface area contributed by atoms with Crippen LogP contribution in [0.15, 0.2) is 169 Å². The van der Waals surface area contributed by atoms with Crippen molar-refractivity contribution in [3.63, 3.8) is 0 Å². The largest absolute Gasteiger partial charge is 0.143 e. The van der Waals surface area contributed by atoms with E-state index in [1.165, 1.54) is 87.2 Å². The number of hydrogen-bond donors (Lipinski definition) is 1. The predicted molar refractivity (Wildman–Crippen MR) is 198 cm³/mol. The SMILES string of the molecule is Sc1cc(-c2ccc3ccccc3c2)cc(-c2ccc3cc(-c4cc5c6ccccc6ccc5c5ccccc45)ccc3c2)c1. The zero-order chi connectivity index (χ0) is 29.9. The van der Waals surface area contributed by atoms with Crippen molar-refractivity contribution >= 4 is 66.5 Å². The van der Waals surface area contributed by atoms with Crippen molar-refractivity contribution in [2.75, 3.05) is 0 Å². The van der Waals surface area contributed by atoms with Gasteiger partial charge in [-0.05, 0) is 130 Å². The van der Waals surface area contributed by atoms with Gasteiger partial charge in [-0.3, -0.25) is 0 Å². The summed E-state index contributed by atoms with van der Waals surface area (Å²) in [6.07, 6.45) is 0. The van der Waals surface area contributed by atoms with Crippen LogP contribution in [-0.4, -0.2) is 0 Å². The Kier molecular flexibility index (Phi) is 6.01. The summed E-state index contributed by atoms with van der Waals surface area (Å²) in [5.74, 6) is 0. The first-order valence-electron chi connectivity index (χ1n) is 15.4. The van der Waals surface area contributed by atoms with E-state index in [1.807, 2.05) is 0 Å². The van der Waals surface area contributed by atoms with Crippen LogP contribution in [0.1, 0.15) is 0 Å². The standard InChI is InChI=1S/C44H28S/c45-38-25-36(33-14-13-28-7-1-2-9-30(28)21-33)24-37(26-38)34-16-15-32-23-35(18-17-31(32)22-34)43-27-44-39-10-4-3-8-29(39)19-20-42(44)40-11-5-6-12-41(40)43/h1-27,45H. The second-order valence-corrected chi connectivity index (χ2v) is 12.5. The van der Waals surface area contributed by atoms with E-state index < -0.39 is 0 Å². The van der Waals surface area contributed by atoms with Gasteiger partial charge in [0.25, 0.3) is 0 Å². The molecule has 0 N–H and O–H groups in total. The van der Waals surface area contributed by atoms with Crippen molar-refractivity contribution in [2.24, 2.45) is 0 Å². The van der Waals surface area contributed by atoms with E-state index in [0.717, 1.165) is 4.90 Å². The lowest BCUT2D eigenvalue weighted by molar-refractivity contribution is 1.46. The summed E-state index contributed by atoms with van der Waals surface area (Å²) in [5.41, 5.74) is 7.24. The first-order valence-corrected chi connectivity index (χ1v) is 15.8. The highest BCUT2D eigenvalue weighted by atomic mass is 32.1. The average Bonchev–Trinajstić information content (AvgIpc) is 3.10. The minimum absolute atomic E-state index is 0.960. The summed E-state index contributed by atoms with van der Waals surface area (Å²) >= 11 is 4.80. The van der Waals surface area contributed by atoms with E-state index in [2.05, 4.69) is 164 Å². The Morgan fingerprint density at radius 1 is 0.267 bits per heavy atom. The highest BCUT2D eigenvalue weighted by Gasteiger charge is 2.12. The van der Waals surface area contributed by atoms with E-state index in [4.69, 9.17) is 12.6 Å². The van der Waals surface area contributed by atoms with Crippen molar-refractivity contribution in [3.05, 3.63) is 164 Å². The Balaban J connectivity index is 1.15. The fourth-order valence-electron chi connectivity index (χ4n) is 7.01. The third-order valence-electron chi connectivity index (χ3n) is 9.25. The van der Waals surface area contributed by atoms with Crippen molar-refractivity contribution in [1.82, 2.24) is 0 Å². The Morgan fingerprint density at radius 3 is 1.49 bits per heavy atom. The molecule has 0 heterocycles. The molecule has 0 saturated heterocycles. The van der Waals surface area contributed by atoms with Gasteiger partial charge in [-0.15, -0.1) is 12.6 Å². The molecule has 0 spiro atoms. The number of benzene rings is 9. The lowest BCUT2D eigenvalue weighted by Crippen LogP contribution is -1.87. The Bertz CT molecular complexity index is 2610. The molecule has 0 aliphatic heterocycles. The highest BCUT2D eigenvalue weighted by Crippen LogP contribution is 2.39. The molecule has 9 rings (SSSR count). The third-order valence-corrected chi connectivity index (χ3v) is 9.51. The molecular formula is C44H28S. The maximum atomic E-state index is 4.80. The molecule has 0 bridgehead atoms. The summed E-state index contributed by atoms with van der Waals surface area (Å²) in [7, 11) is 0. The number of fused-ring (bicyclic) bond motifs is 7. The minimum atomic E-state index is 0.960. The molecule has 0 nitrogen and oxygen atoms in total. The maximum absolute atomic E-state index is 4.80. The van der Waals surface area contributed by atoms with Crippen molar-refractivity contribution < 1.29 is 0 Å². The molecule has 1 heteroatoms. The van der Waals surface area contributed by atoms with Crippen LogP contribution in [0.3, 0.4) is 0 Å². The van der Waals surface area contributed by atoms with Gasteiger partial charge in [-0.2, -0.15) is 0 Å². The minimum Gasteiger partial charge on any atom is -0.143 e. The summed E-state index contributed by atoms with van der Waals surface area (Å²) in [6, 6.07) is 59.9. The molecule has 45 heavy (non-hydrogen) atoms. The van der Waals surface area contributed by atoms with Gasteiger partial charge in [0.05, 0.1) is 0 Å². The second-order valence-electron chi connectivity index (χ2n) is 12.0. The lowest BCUT2D eigenvalue weighted by atomic mass is 9.90. The van der Waals surface area contributed by atoms with Crippen LogP contribution >= 0.6 is 12.6 Å². The summed E-state index contributed by atoms with van der Waals surface area (Å²) in [4.78, 5) is 0.960. The zero-order valence-corrected chi connectivity index (χ0v) is 25.4. The van der Waals surface area contributed by atoms with Gasteiger partial charge in [0, 0.05) is 4.90 Å². The quantitative estimate of drug-likeness (QED) is 0.154. The predicted octanol–water partition coefficient (Wildman–Crippen LogP) is 12.7. The molecule has 0 aromatic heterocycles. The molecule has 0 fully saturated rings.